The molecule has 0 atom stereocenters. The van der Waals surface area contributed by atoms with Gasteiger partial charge in [-0.2, -0.15) is 0 Å². The van der Waals surface area contributed by atoms with Gasteiger partial charge in [-0.1, -0.05) is 133 Å². The van der Waals surface area contributed by atoms with Crippen LogP contribution in [-0.2, 0) is 0 Å². The van der Waals surface area contributed by atoms with Crippen LogP contribution >= 0.6 is 0 Å². The molecular weight excluding hydrogens is 821 g/mol. The summed E-state index contributed by atoms with van der Waals surface area (Å²) in [6.45, 7) is 0. The normalized spacial score (nSPS) is 12.2. The largest absolute Gasteiger partial charge is 0.456 e. The third kappa shape index (κ3) is 5.41. The summed E-state index contributed by atoms with van der Waals surface area (Å²) in [6, 6.07) is 72.8. The lowest BCUT2D eigenvalue weighted by atomic mass is 10.0. The lowest BCUT2D eigenvalue weighted by molar-refractivity contribution is 0.668. The number of nitrogens with zero attached hydrogens (tertiary/aromatic N) is 4. The van der Waals surface area contributed by atoms with Crippen molar-refractivity contribution in [2.24, 2.45) is 0 Å². The molecule has 4 heterocycles. The van der Waals surface area contributed by atoms with Gasteiger partial charge in [-0.25, -0.2) is 15.0 Å². The first kappa shape index (κ1) is 36.2. The summed E-state index contributed by atoms with van der Waals surface area (Å²) in [5.74, 6) is 1.79. The molecule has 4 aromatic heterocycles. The van der Waals surface area contributed by atoms with Crippen molar-refractivity contribution in [3.8, 4) is 39.9 Å². The summed E-state index contributed by atoms with van der Waals surface area (Å²) in [4.78, 5) is 15.7. The number of aromatic nitrogens is 4. The molecule has 6 heteroatoms. The standard InChI is InChI=1S/C61H34N4O2/c1-2-13-39-33-52-50(30-38(39)12-1)57-44-16-6-4-11-36(44)22-27-51(57)65(52)42-25-26-47-56(34-42)67-55-29-23-37-20-21-40(31-48(37)58(47)55)59-62-60(41-24-28-54-49(32-41)45-17-7-8-19-53(45)66-54)64-61(63-59)46-18-9-14-35-10-3-5-15-43(35)46/h1-34H. The Kier molecular flexibility index (Phi) is 7.40. The minimum atomic E-state index is 0.588. The lowest BCUT2D eigenvalue weighted by Gasteiger charge is -2.11. The first-order chi connectivity index (χ1) is 33.2. The Hall–Kier alpha value is -9.13. The van der Waals surface area contributed by atoms with Gasteiger partial charge >= 0.3 is 0 Å². The van der Waals surface area contributed by atoms with Crippen LogP contribution in [-0.4, -0.2) is 19.5 Å². The lowest BCUT2D eigenvalue weighted by Crippen LogP contribution is -2.00. The van der Waals surface area contributed by atoms with Crippen LogP contribution in [0.25, 0.3) is 149 Å². The van der Waals surface area contributed by atoms with Crippen LogP contribution < -0.4 is 0 Å². The Morgan fingerprint density at radius 2 is 0.896 bits per heavy atom. The number of para-hydroxylation sites is 1. The van der Waals surface area contributed by atoms with E-state index in [0.717, 1.165) is 98.8 Å². The highest BCUT2D eigenvalue weighted by Crippen LogP contribution is 2.42. The molecule has 0 saturated heterocycles. The molecule has 0 N–H and O–H groups in total. The summed E-state index contributed by atoms with van der Waals surface area (Å²) in [5.41, 5.74) is 9.40. The summed E-state index contributed by atoms with van der Waals surface area (Å²) in [7, 11) is 0. The summed E-state index contributed by atoms with van der Waals surface area (Å²) < 4.78 is 15.4. The first-order valence-electron chi connectivity index (χ1n) is 22.6. The van der Waals surface area contributed by atoms with Gasteiger partial charge in [0.25, 0.3) is 0 Å². The van der Waals surface area contributed by atoms with Crippen molar-refractivity contribution in [2.75, 3.05) is 0 Å². The predicted octanol–water partition coefficient (Wildman–Crippen LogP) is 16.4. The van der Waals surface area contributed by atoms with E-state index in [2.05, 4.69) is 180 Å². The zero-order valence-electron chi connectivity index (χ0n) is 35.7. The molecule has 0 aliphatic carbocycles. The minimum absolute atomic E-state index is 0.588. The van der Waals surface area contributed by atoms with E-state index in [4.69, 9.17) is 23.8 Å². The van der Waals surface area contributed by atoms with E-state index in [-0.39, 0.29) is 0 Å². The van der Waals surface area contributed by atoms with E-state index < -0.39 is 0 Å². The number of hydrogen-bond acceptors (Lipinski definition) is 5. The van der Waals surface area contributed by atoms with Crippen LogP contribution in [0.5, 0.6) is 0 Å². The number of hydrogen-bond donors (Lipinski definition) is 0. The number of rotatable bonds is 4. The van der Waals surface area contributed by atoms with E-state index in [0.29, 0.717) is 17.5 Å². The van der Waals surface area contributed by atoms with Gasteiger partial charge in [0.05, 0.1) is 11.0 Å². The first-order valence-corrected chi connectivity index (χ1v) is 22.6. The maximum atomic E-state index is 6.80. The van der Waals surface area contributed by atoms with E-state index in [1.165, 1.54) is 32.3 Å². The zero-order chi connectivity index (χ0) is 43.7. The second-order valence-electron chi connectivity index (χ2n) is 17.5. The number of furan rings is 2. The Labute approximate surface area is 381 Å². The fourth-order valence-electron chi connectivity index (χ4n) is 10.7. The molecule has 0 fully saturated rings. The topological polar surface area (TPSA) is 69.9 Å². The van der Waals surface area contributed by atoms with Gasteiger partial charge < -0.3 is 13.4 Å². The zero-order valence-corrected chi connectivity index (χ0v) is 35.7. The third-order valence-electron chi connectivity index (χ3n) is 13.8. The molecular formula is C61H34N4O2. The number of benzene rings is 11. The molecule has 11 aromatic carbocycles. The van der Waals surface area contributed by atoms with Crippen molar-refractivity contribution in [3.63, 3.8) is 0 Å². The second-order valence-corrected chi connectivity index (χ2v) is 17.5. The molecule has 0 aliphatic heterocycles. The van der Waals surface area contributed by atoms with E-state index in [1.54, 1.807) is 0 Å². The van der Waals surface area contributed by atoms with E-state index in [9.17, 15) is 0 Å². The van der Waals surface area contributed by atoms with Crippen molar-refractivity contribution in [1.82, 2.24) is 19.5 Å². The second kappa shape index (κ2) is 13.7. The average molecular weight is 855 g/mol. The molecule has 67 heavy (non-hydrogen) atoms. The van der Waals surface area contributed by atoms with Gasteiger partial charge in [0, 0.05) is 60.8 Å². The molecule has 0 bridgehead atoms. The smallest absolute Gasteiger partial charge is 0.164 e. The quantitative estimate of drug-likeness (QED) is 0.176. The van der Waals surface area contributed by atoms with Crippen molar-refractivity contribution < 1.29 is 8.83 Å². The van der Waals surface area contributed by atoms with Crippen LogP contribution in [0.15, 0.2) is 215 Å². The maximum absolute atomic E-state index is 6.80. The van der Waals surface area contributed by atoms with Crippen molar-refractivity contribution in [1.29, 1.82) is 0 Å². The van der Waals surface area contributed by atoms with Crippen LogP contribution in [0.4, 0.5) is 0 Å². The molecule has 0 spiro atoms. The van der Waals surface area contributed by atoms with E-state index in [1.807, 2.05) is 30.3 Å². The van der Waals surface area contributed by atoms with Crippen LogP contribution in [0.2, 0.25) is 0 Å². The number of fused-ring (bicyclic) bond motifs is 15. The highest BCUT2D eigenvalue weighted by Gasteiger charge is 2.20. The van der Waals surface area contributed by atoms with Crippen molar-refractivity contribution in [2.45, 2.75) is 0 Å². The highest BCUT2D eigenvalue weighted by molar-refractivity contribution is 6.24. The maximum Gasteiger partial charge on any atom is 0.164 e. The Morgan fingerprint density at radius 3 is 1.75 bits per heavy atom. The Bertz CT molecular complexity index is 4590. The van der Waals surface area contributed by atoms with Crippen LogP contribution in [0, 0.1) is 0 Å². The summed E-state index contributed by atoms with van der Waals surface area (Å²) >= 11 is 0. The van der Waals surface area contributed by atoms with E-state index >= 15 is 0 Å². The van der Waals surface area contributed by atoms with Gasteiger partial charge in [-0.3, -0.25) is 0 Å². The van der Waals surface area contributed by atoms with Crippen LogP contribution in [0.3, 0.4) is 0 Å². The summed E-state index contributed by atoms with van der Waals surface area (Å²) in [5, 5.41) is 15.9. The van der Waals surface area contributed by atoms with Crippen molar-refractivity contribution in [3.05, 3.63) is 206 Å². The fraction of sp³-hybridized carbons (Fsp3) is 0. The third-order valence-corrected chi connectivity index (χ3v) is 13.8. The molecule has 6 nitrogen and oxygen atoms in total. The Balaban J connectivity index is 0.925. The molecule has 0 radical (unpaired) electrons. The fourth-order valence-corrected chi connectivity index (χ4v) is 10.7. The Morgan fingerprint density at radius 1 is 0.299 bits per heavy atom. The average Bonchev–Trinajstić information content (AvgIpc) is 4.06. The molecule has 15 rings (SSSR count). The molecule has 0 aliphatic rings. The molecule has 0 amide bonds. The highest BCUT2D eigenvalue weighted by atomic mass is 16.3. The van der Waals surface area contributed by atoms with Gasteiger partial charge in [0.2, 0.25) is 0 Å². The minimum Gasteiger partial charge on any atom is -0.456 e. The monoisotopic (exact) mass is 854 g/mol. The molecule has 310 valence electrons. The molecule has 0 saturated carbocycles. The summed E-state index contributed by atoms with van der Waals surface area (Å²) in [6.07, 6.45) is 0. The molecule has 15 aromatic rings. The predicted molar refractivity (Wildman–Crippen MR) is 275 cm³/mol. The van der Waals surface area contributed by atoms with Gasteiger partial charge in [-0.15, -0.1) is 0 Å². The van der Waals surface area contributed by atoms with Crippen molar-refractivity contribution >= 4 is 109 Å². The van der Waals surface area contributed by atoms with Gasteiger partial charge in [0.15, 0.2) is 17.5 Å². The SMILES string of the molecule is c1ccc2cc3c(cc2c1)c1c2ccccc2ccc1n3-c1ccc2c(c1)oc1ccc3ccc(-c4nc(-c5ccc6oc7ccccc7c6c5)nc(-c5cccc6ccccc56)n4)cc3c12. The van der Waals surface area contributed by atoms with Gasteiger partial charge in [-0.05, 0) is 110 Å². The molecule has 0 unspecified atom stereocenters. The van der Waals surface area contributed by atoms with Crippen LogP contribution in [0.1, 0.15) is 0 Å². The van der Waals surface area contributed by atoms with Gasteiger partial charge in [0.1, 0.15) is 22.3 Å².